The first-order valence-electron chi connectivity index (χ1n) is 5.40. The van der Waals surface area contributed by atoms with Gasteiger partial charge in [0.2, 0.25) is 0 Å². The van der Waals surface area contributed by atoms with Crippen LogP contribution in [0.1, 0.15) is 0 Å². The minimum absolute atomic E-state index is 0.454. The summed E-state index contributed by atoms with van der Waals surface area (Å²) in [5.41, 5.74) is 0.454. The molecular formula is C12H14F3NO3. The SMILES string of the molecule is COc1cccc(N(C)CC(C(=O)O)C(F)(F)F)c1. The third-order valence-electron chi connectivity index (χ3n) is 2.64. The van der Waals surface area contributed by atoms with Crippen LogP contribution in [-0.2, 0) is 4.79 Å². The largest absolute Gasteiger partial charge is 0.497 e. The van der Waals surface area contributed by atoms with Gasteiger partial charge in [-0.15, -0.1) is 0 Å². The number of anilines is 1. The van der Waals surface area contributed by atoms with Crippen LogP contribution in [0.15, 0.2) is 24.3 Å². The maximum atomic E-state index is 12.6. The lowest BCUT2D eigenvalue weighted by Gasteiger charge is -2.25. The van der Waals surface area contributed by atoms with Gasteiger partial charge in [0.15, 0.2) is 5.92 Å². The Bertz CT molecular complexity index is 448. The molecule has 0 aliphatic heterocycles. The lowest BCUT2D eigenvalue weighted by molar-refractivity contribution is -0.191. The topological polar surface area (TPSA) is 49.8 Å². The van der Waals surface area contributed by atoms with Crippen molar-refractivity contribution in [3.05, 3.63) is 24.3 Å². The first-order valence-corrected chi connectivity index (χ1v) is 5.40. The number of halogens is 3. The molecule has 0 aliphatic carbocycles. The van der Waals surface area contributed by atoms with Gasteiger partial charge in [0.25, 0.3) is 0 Å². The number of nitrogens with zero attached hydrogens (tertiary/aromatic N) is 1. The molecule has 1 aromatic carbocycles. The summed E-state index contributed by atoms with van der Waals surface area (Å²) >= 11 is 0. The van der Waals surface area contributed by atoms with Gasteiger partial charge >= 0.3 is 12.1 Å². The number of methoxy groups -OCH3 is 1. The van der Waals surface area contributed by atoms with Gasteiger partial charge in [-0.2, -0.15) is 13.2 Å². The van der Waals surface area contributed by atoms with Crippen molar-refractivity contribution in [2.24, 2.45) is 5.92 Å². The molecule has 1 unspecified atom stereocenters. The number of ether oxygens (including phenoxy) is 1. The number of carbonyl (C=O) groups is 1. The van der Waals surface area contributed by atoms with Crippen LogP contribution in [0, 0.1) is 5.92 Å². The summed E-state index contributed by atoms with van der Waals surface area (Å²) in [6, 6.07) is 6.39. The standard InChI is InChI=1S/C12H14F3NO3/c1-16(7-10(11(17)18)12(13,14)15)8-4-3-5-9(6-8)19-2/h3-6,10H,7H2,1-2H3,(H,17,18). The van der Waals surface area contributed by atoms with Crippen molar-refractivity contribution in [3.8, 4) is 5.75 Å². The molecule has 7 heteroatoms. The fraction of sp³-hybridized carbons (Fsp3) is 0.417. The molecule has 0 aliphatic rings. The second-order valence-electron chi connectivity index (χ2n) is 4.01. The minimum atomic E-state index is -4.78. The molecule has 1 rings (SSSR count). The molecule has 0 saturated carbocycles. The third-order valence-corrected chi connectivity index (χ3v) is 2.64. The molecule has 0 bridgehead atoms. The molecular weight excluding hydrogens is 263 g/mol. The fourth-order valence-corrected chi connectivity index (χ4v) is 1.55. The van der Waals surface area contributed by atoms with Crippen LogP contribution in [0.2, 0.25) is 0 Å². The maximum absolute atomic E-state index is 12.6. The van der Waals surface area contributed by atoms with Crippen LogP contribution >= 0.6 is 0 Å². The Morgan fingerprint density at radius 2 is 2.11 bits per heavy atom. The first-order chi connectivity index (χ1) is 8.75. The highest BCUT2D eigenvalue weighted by molar-refractivity contribution is 5.72. The smallest absolute Gasteiger partial charge is 0.403 e. The molecule has 19 heavy (non-hydrogen) atoms. The molecule has 0 radical (unpaired) electrons. The highest BCUT2D eigenvalue weighted by atomic mass is 19.4. The minimum Gasteiger partial charge on any atom is -0.497 e. The van der Waals surface area contributed by atoms with Crippen molar-refractivity contribution in [2.45, 2.75) is 6.18 Å². The van der Waals surface area contributed by atoms with Gasteiger partial charge < -0.3 is 14.7 Å². The summed E-state index contributed by atoms with van der Waals surface area (Å²) in [5, 5.41) is 8.63. The Balaban J connectivity index is 2.87. The van der Waals surface area contributed by atoms with Gasteiger partial charge in [0.1, 0.15) is 5.75 Å². The van der Waals surface area contributed by atoms with Crippen molar-refractivity contribution in [2.75, 3.05) is 25.6 Å². The number of hydrogen-bond donors (Lipinski definition) is 1. The number of benzene rings is 1. The Kier molecular flexibility index (Phi) is 4.63. The van der Waals surface area contributed by atoms with Crippen molar-refractivity contribution >= 4 is 11.7 Å². The molecule has 106 valence electrons. The second kappa shape index (κ2) is 5.81. The van der Waals surface area contributed by atoms with E-state index in [9.17, 15) is 18.0 Å². The van der Waals surface area contributed by atoms with Gasteiger partial charge in [-0.1, -0.05) is 6.07 Å². The third kappa shape index (κ3) is 4.04. The van der Waals surface area contributed by atoms with E-state index in [1.54, 1.807) is 18.2 Å². The average molecular weight is 277 g/mol. The molecule has 0 spiro atoms. The normalized spacial score (nSPS) is 12.9. The van der Waals surface area contributed by atoms with Crippen molar-refractivity contribution in [1.29, 1.82) is 0 Å². The lowest BCUT2D eigenvalue weighted by Crippen LogP contribution is -2.40. The van der Waals surface area contributed by atoms with Crippen molar-refractivity contribution in [1.82, 2.24) is 0 Å². The predicted molar refractivity (Wildman–Crippen MR) is 63.4 cm³/mol. The zero-order valence-corrected chi connectivity index (χ0v) is 10.4. The van der Waals surface area contributed by atoms with E-state index in [0.29, 0.717) is 11.4 Å². The number of carboxylic acid groups (broad SMARTS) is 1. The van der Waals surface area contributed by atoms with E-state index in [4.69, 9.17) is 9.84 Å². The average Bonchev–Trinajstić information content (AvgIpc) is 2.33. The van der Waals surface area contributed by atoms with Crippen LogP contribution in [0.5, 0.6) is 5.75 Å². The van der Waals surface area contributed by atoms with E-state index in [1.807, 2.05) is 0 Å². The Morgan fingerprint density at radius 1 is 1.47 bits per heavy atom. The molecule has 1 N–H and O–H groups in total. The molecule has 4 nitrogen and oxygen atoms in total. The van der Waals surface area contributed by atoms with E-state index in [-0.39, 0.29) is 0 Å². The van der Waals surface area contributed by atoms with Crippen LogP contribution in [0.3, 0.4) is 0 Å². The van der Waals surface area contributed by atoms with Gasteiger partial charge in [0.05, 0.1) is 7.11 Å². The van der Waals surface area contributed by atoms with Gasteiger partial charge in [-0.25, -0.2) is 0 Å². The van der Waals surface area contributed by atoms with E-state index < -0.39 is 24.6 Å². The summed E-state index contributed by atoms with van der Waals surface area (Å²) in [6.45, 7) is -0.661. The summed E-state index contributed by atoms with van der Waals surface area (Å²) in [4.78, 5) is 11.9. The van der Waals surface area contributed by atoms with Gasteiger partial charge in [-0.3, -0.25) is 4.79 Å². The quantitative estimate of drug-likeness (QED) is 0.897. The molecule has 0 heterocycles. The Morgan fingerprint density at radius 3 is 2.58 bits per heavy atom. The monoisotopic (exact) mass is 277 g/mol. The van der Waals surface area contributed by atoms with Crippen molar-refractivity contribution < 1.29 is 27.8 Å². The molecule has 0 saturated heterocycles. The van der Waals surface area contributed by atoms with Gasteiger partial charge in [0, 0.05) is 25.3 Å². The number of carboxylic acids is 1. The molecule has 0 amide bonds. The van der Waals surface area contributed by atoms with Gasteiger partial charge in [-0.05, 0) is 12.1 Å². The molecule has 0 fully saturated rings. The summed E-state index contributed by atoms with van der Waals surface area (Å²) in [7, 11) is 2.84. The summed E-state index contributed by atoms with van der Waals surface area (Å²) in [5.74, 6) is -3.82. The molecule has 1 aromatic rings. The van der Waals surface area contributed by atoms with E-state index >= 15 is 0 Å². The van der Waals surface area contributed by atoms with E-state index in [1.165, 1.54) is 25.1 Å². The van der Waals surface area contributed by atoms with E-state index in [0.717, 1.165) is 0 Å². The fourth-order valence-electron chi connectivity index (χ4n) is 1.55. The number of alkyl halides is 3. The van der Waals surface area contributed by atoms with Crippen LogP contribution in [0.25, 0.3) is 0 Å². The second-order valence-corrected chi connectivity index (χ2v) is 4.01. The number of hydrogen-bond acceptors (Lipinski definition) is 3. The van der Waals surface area contributed by atoms with Crippen molar-refractivity contribution in [3.63, 3.8) is 0 Å². The molecule has 1 atom stereocenters. The highest BCUT2D eigenvalue weighted by Gasteiger charge is 2.45. The molecule has 0 aromatic heterocycles. The highest BCUT2D eigenvalue weighted by Crippen LogP contribution is 2.29. The zero-order valence-electron chi connectivity index (χ0n) is 10.4. The first kappa shape index (κ1) is 15.1. The number of rotatable bonds is 5. The van der Waals surface area contributed by atoms with Crippen LogP contribution in [-0.4, -0.2) is 38.0 Å². The van der Waals surface area contributed by atoms with E-state index in [2.05, 4.69) is 0 Å². The Hall–Kier alpha value is -1.92. The number of aliphatic carboxylic acids is 1. The maximum Gasteiger partial charge on any atom is 0.403 e. The van der Waals surface area contributed by atoms with Crippen LogP contribution in [0.4, 0.5) is 18.9 Å². The zero-order chi connectivity index (χ0) is 14.6. The summed E-state index contributed by atoms with van der Waals surface area (Å²) in [6.07, 6.45) is -4.78. The lowest BCUT2D eigenvalue weighted by atomic mass is 10.1. The predicted octanol–water partition coefficient (Wildman–Crippen LogP) is 2.39. The van der Waals surface area contributed by atoms with Crippen LogP contribution < -0.4 is 9.64 Å². The summed E-state index contributed by atoms with van der Waals surface area (Å²) < 4.78 is 42.6. The Labute approximate surface area is 108 Å².